The van der Waals surface area contributed by atoms with Gasteiger partial charge in [0.1, 0.15) is 16.7 Å². The van der Waals surface area contributed by atoms with E-state index >= 15 is 0 Å². The van der Waals surface area contributed by atoms with Crippen molar-refractivity contribution in [3.05, 3.63) is 74.2 Å². The van der Waals surface area contributed by atoms with Crippen molar-refractivity contribution in [1.29, 1.82) is 0 Å². The Morgan fingerprint density at radius 1 is 1.05 bits per heavy atom. The lowest BCUT2D eigenvalue weighted by molar-refractivity contribution is 0.0753. The molecular weight excluding hydrogens is 599 g/mol. The van der Waals surface area contributed by atoms with Crippen molar-refractivity contribution >= 4 is 38.1 Å². The summed E-state index contributed by atoms with van der Waals surface area (Å²) in [6.07, 6.45) is 1.48. The van der Waals surface area contributed by atoms with Crippen molar-refractivity contribution in [2.45, 2.75) is 65.5 Å². The molecule has 0 spiro atoms. The summed E-state index contributed by atoms with van der Waals surface area (Å²) in [6, 6.07) is 8.13. The fourth-order valence-electron chi connectivity index (χ4n) is 5.52. The molecule has 1 aromatic carbocycles. The van der Waals surface area contributed by atoms with Crippen LogP contribution in [0.5, 0.6) is 0 Å². The number of methoxy groups -OCH3 is 1. The molecule has 0 radical (unpaired) electrons. The van der Waals surface area contributed by atoms with Crippen LogP contribution in [0.1, 0.15) is 56.9 Å². The predicted octanol–water partition coefficient (Wildman–Crippen LogP) is 6.49. The molecule has 0 amide bonds. The summed E-state index contributed by atoms with van der Waals surface area (Å²) in [5.74, 6) is 0.755. The summed E-state index contributed by atoms with van der Waals surface area (Å²) in [5, 5.41) is 12.9. The molecule has 0 unspecified atom stereocenters. The molecule has 0 aliphatic carbocycles. The Labute approximate surface area is 262 Å². The van der Waals surface area contributed by atoms with Crippen molar-refractivity contribution in [1.82, 2.24) is 20.3 Å². The summed E-state index contributed by atoms with van der Waals surface area (Å²) in [6.45, 7) is 14.0. The summed E-state index contributed by atoms with van der Waals surface area (Å²) >= 11 is 1.23. The van der Waals surface area contributed by atoms with E-state index in [-0.39, 0.29) is 23.4 Å². The van der Waals surface area contributed by atoms with Gasteiger partial charge in [-0.2, -0.15) is 5.10 Å². The third-order valence-electron chi connectivity index (χ3n) is 7.90. The number of nitrogens with zero attached hydrogens (tertiary/aromatic N) is 4. The lowest BCUT2D eigenvalue weighted by Gasteiger charge is -2.22. The van der Waals surface area contributed by atoms with E-state index in [9.17, 15) is 8.42 Å². The van der Waals surface area contributed by atoms with Gasteiger partial charge in [-0.1, -0.05) is 30.3 Å². The molecule has 5 aromatic rings. The molecular formula is C32H39N5O5S2. The maximum Gasteiger partial charge on any atom is 0.277 e. The van der Waals surface area contributed by atoms with Crippen LogP contribution in [0.2, 0.25) is 0 Å². The molecule has 0 aliphatic rings. The summed E-state index contributed by atoms with van der Waals surface area (Å²) in [7, 11) is -2.51. The number of fused-ring (bicyclic) bond motifs is 1. The highest BCUT2D eigenvalue weighted by molar-refractivity contribution is 7.95. The standard InChI is InChI=1S/C32H39N5O5S2/c1-9-28-27(30-29(21(5)33-28)22(6)34-35-30)16-24-10-11-25(18(2)14-24)26-15-19(3)43-32(26)44(38,39)37(17-41-13-12-40-8)31-20(4)23(7)42-36-31/h10-11,14-15H,9,12-13,16-17H2,1-8H3,(H,34,35). The minimum Gasteiger partial charge on any atom is -0.382 e. The second-order valence-electron chi connectivity index (χ2n) is 11.0. The topological polar surface area (TPSA) is 123 Å². The number of hydrogen-bond donors (Lipinski definition) is 1. The van der Waals surface area contributed by atoms with E-state index in [1.807, 2.05) is 39.8 Å². The number of sulfonamides is 1. The number of aromatic amines is 1. The maximum atomic E-state index is 14.3. The molecule has 0 saturated carbocycles. The van der Waals surface area contributed by atoms with E-state index in [0.29, 0.717) is 29.9 Å². The number of benzene rings is 1. The Hall–Kier alpha value is -3.58. The number of pyridine rings is 1. The number of thiophene rings is 1. The molecule has 0 atom stereocenters. The Morgan fingerprint density at radius 3 is 2.48 bits per heavy atom. The Morgan fingerprint density at radius 2 is 1.82 bits per heavy atom. The van der Waals surface area contributed by atoms with Gasteiger partial charge >= 0.3 is 0 Å². The normalized spacial score (nSPS) is 12.0. The van der Waals surface area contributed by atoms with Crippen LogP contribution < -0.4 is 4.31 Å². The van der Waals surface area contributed by atoms with Crippen molar-refractivity contribution < 1.29 is 22.4 Å². The van der Waals surface area contributed by atoms with Gasteiger partial charge in [-0.25, -0.2) is 12.7 Å². The first-order chi connectivity index (χ1) is 21.0. The zero-order valence-corrected chi connectivity index (χ0v) is 28.1. The highest BCUT2D eigenvalue weighted by Gasteiger charge is 2.34. The number of nitrogens with one attached hydrogen (secondary N) is 1. The number of H-pyrrole nitrogens is 1. The van der Waals surface area contributed by atoms with E-state index in [1.54, 1.807) is 21.0 Å². The molecule has 4 heterocycles. The predicted molar refractivity (Wildman–Crippen MR) is 173 cm³/mol. The largest absolute Gasteiger partial charge is 0.382 e. The monoisotopic (exact) mass is 637 g/mol. The average molecular weight is 638 g/mol. The van der Waals surface area contributed by atoms with Gasteiger partial charge in [-0.3, -0.25) is 10.1 Å². The highest BCUT2D eigenvalue weighted by Crippen LogP contribution is 2.40. The molecule has 12 heteroatoms. The molecule has 0 bridgehead atoms. The first-order valence-corrected chi connectivity index (χ1v) is 16.8. The van der Waals surface area contributed by atoms with Gasteiger partial charge in [0.05, 0.1) is 18.7 Å². The molecule has 4 aromatic heterocycles. The lowest BCUT2D eigenvalue weighted by atomic mass is 9.95. The fourth-order valence-corrected chi connectivity index (χ4v) is 8.61. The molecule has 5 rings (SSSR count). The quantitative estimate of drug-likeness (QED) is 0.122. The minimum atomic E-state index is -4.08. The van der Waals surface area contributed by atoms with Crippen LogP contribution >= 0.6 is 11.3 Å². The van der Waals surface area contributed by atoms with Crippen molar-refractivity contribution in [2.75, 3.05) is 31.4 Å². The second kappa shape index (κ2) is 12.8. The maximum absolute atomic E-state index is 14.3. The van der Waals surface area contributed by atoms with E-state index in [2.05, 4.69) is 34.4 Å². The van der Waals surface area contributed by atoms with Gasteiger partial charge < -0.3 is 14.0 Å². The first kappa shape index (κ1) is 31.8. The number of anilines is 1. The van der Waals surface area contributed by atoms with E-state index in [1.165, 1.54) is 15.6 Å². The Bertz CT molecular complexity index is 1920. The van der Waals surface area contributed by atoms with Crippen LogP contribution in [0.3, 0.4) is 0 Å². The van der Waals surface area contributed by atoms with Gasteiger partial charge in [-0.15, -0.1) is 11.3 Å². The zero-order valence-electron chi connectivity index (χ0n) is 26.5. The SMILES string of the molecule is CCc1nc(C)c2c(C)[nH]nc2c1Cc1ccc(-c2cc(C)sc2S(=O)(=O)N(COCCOC)c2noc(C)c2C)c(C)c1. The summed E-state index contributed by atoms with van der Waals surface area (Å²) in [5.41, 5.74) is 9.31. The molecule has 0 fully saturated rings. The Kier molecular flexibility index (Phi) is 9.26. The molecule has 0 saturated heterocycles. The van der Waals surface area contributed by atoms with Crippen LogP contribution in [-0.2, 0) is 32.3 Å². The van der Waals surface area contributed by atoms with Gasteiger partial charge in [0.25, 0.3) is 10.0 Å². The molecule has 0 aliphatic heterocycles. The van der Waals surface area contributed by atoms with Gasteiger partial charge in [-0.05, 0) is 70.7 Å². The fraction of sp³-hybridized carbons (Fsp3) is 0.406. The number of aryl methyl sites for hydroxylation is 6. The van der Waals surface area contributed by atoms with Crippen LogP contribution in [0.15, 0.2) is 33.0 Å². The Balaban J connectivity index is 1.53. The third kappa shape index (κ3) is 5.91. The number of aromatic nitrogens is 4. The van der Waals surface area contributed by atoms with Gasteiger partial charge in [0.15, 0.2) is 5.82 Å². The zero-order chi connectivity index (χ0) is 31.8. The lowest BCUT2D eigenvalue weighted by Crippen LogP contribution is -2.34. The number of hydrogen-bond acceptors (Lipinski definition) is 9. The number of rotatable bonds is 12. The second-order valence-corrected chi connectivity index (χ2v) is 14.3. The first-order valence-electron chi connectivity index (χ1n) is 14.5. The van der Waals surface area contributed by atoms with Crippen molar-refractivity contribution in [3.63, 3.8) is 0 Å². The highest BCUT2D eigenvalue weighted by atomic mass is 32.2. The van der Waals surface area contributed by atoms with Gasteiger partial charge in [0, 0.05) is 57.6 Å². The van der Waals surface area contributed by atoms with Crippen molar-refractivity contribution in [2.24, 2.45) is 0 Å². The van der Waals surface area contributed by atoms with E-state index < -0.39 is 10.0 Å². The average Bonchev–Trinajstić information content (AvgIpc) is 3.67. The molecule has 10 nitrogen and oxygen atoms in total. The van der Waals surface area contributed by atoms with Crippen molar-refractivity contribution in [3.8, 4) is 11.1 Å². The minimum absolute atomic E-state index is 0.211. The summed E-state index contributed by atoms with van der Waals surface area (Å²) < 4.78 is 46.2. The molecule has 234 valence electrons. The van der Waals surface area contributed by atoms with E-state index in [0.717, 1.165) is 61.5 Å². The van der Waals surface area contributed by atoms with Crippen LogP contribution in [-0.4, -0.2) is 55.8 Å². The van der Waals surface area contributed by atoms with Crippen LogP contribution in [0, 0.1) is 41.5 Å². The van der Waals surface area contributed by atoms with Gasteiger partial charge in [0.2, 0.25) is 0 Å². The van der Waals surface area contributed by atoms with Crippen LogP contribution in [0.4, 0.5) is 5.82 Å². The smallest absolute Gasteiger partial charge is 0.277 e. The van der Waals surface area contributed by atoms with E-state index in [4.69, 9.17) is 19.0 Å². The third-order valence-corrected chi connectivity index (χ3v) is 11.2. The molecule has 44 heavy (non-hydrogen) atoms. The summed E-state index contributed by atoms with van der Waals surface area (Å²) in [4.78, 5) is 5.78. The number of ether oxygens (including phenoxy) is 2. The van der Waals surface area contributed by atoms with Crippen LogP contribution in [0.25, 0.3) is 22.0 Å². The molecule has 1 N–H and O–H groups in total.